The molecule has 18 heavy (non-hydrogen) atoms. The molecule has 0 saturated heterocycles. The second-order valence-corrected chi connectivity index (χ2v) is 5.07. The molecule has 0 amide bonds. The van der Waals surface area contributed by atoms with Crippen molar-refractivity contribution >= 4 is 0 Å². The molecule has 100 valence electrons. The van der Waals surface area contributed by atoms with E-state index in [1.165, 1.54) is 5.56 Å². The minimum atomic E-state index is 0.676. The third-order valence-corrected chi connectivity index (χ3v) is 3.51. The minimum Gasteiger partial charge on any atom is -0.493 e. The van der Waals surface area contributed by atoms with Crippen LogP contribution < -0.4 is 4.74 Å². The van der Waals surface area contributed by atoms with E-state index in [1.54, 1.807) is 7.11 Å². The molecule has 1 aromatic carbocycles. The third kappa shape index (κ3) is 3.72. The van der Waals surface area contributed by atoms with Crippen molar-refractivity contribution in [3.63, 3.8) is 0 Å². The first-order valence-corrected chi connectivity index (χ1v) is 6.68. The van der Waals surface area contributed by atoms with E-state index < -0.39 is 0 Å². The van der Waals surface area contributed by atoms with Gasteiger partial charge in [-0.3, -0.25) is 0 Å². The average Bonchev–Trinajstić information content (AvgIpc) is 2.57. The van der Waals surface area contributed by atoms with Crippen LogP contribution in [-0.2, 0) is 11.2 Å². The van der Waals surface area contributed by atoms with Gasteiger partial charge >= 0.3 is 0 Å². The molecule has 0 aliphatic carbocycles. The van der Waals surface area contributed by atoms with Crippen LogP contribution in [0.1, 0.15) is 12.0 Å². The molecular formula is C15H23NO2. The first kappa shape index (κ1) is 13.4. The summed E-state index contributed by atoms with van der Waals surface area (Å²) in [6, 6.07) is 8.40. The van der Waals surface area contributed by atoms with Gasteiger partial charge < -0.3 is 14.4 Å². The van der Waals surface area contributed by atoms with E-state index in [9.17, 15) is 0 Å². The van der Waals surface area contributed by atoms with Gasteiger partial charge in [0.1, 0.15) is 5.75 Å². The summed E-state index contributed by atoms with van der Waals surface area (Å²) in [7, 11) is 3.92. The highest BCUT2D eigenvalue weighted by Gasteiger charge is 2.18. The summed E-state index contributed by atoms with van der Waals surface area (Å²) < 4.78 is 10.9. The highest BCUT2D eigenvalue weighted by Crippen LogP contribution is 2.26. The molecule has 0 saturated carbocycles. The van der Waals surface area contributed by atoms with Crippen molar-refractivity contribution in [3.8, 4) is 5.75 Å². The molecule has 0 radical (unpaired) electrons. The Labute approximate surface area is 110 Å². The van der Waals surface area contributed by atoms with Gasteiger partial charge in [0.2, 0.25) is 0 Å². The van der Waals surface area contributed by atoms with Crippen LogP contribution in [0.2, 0.25) is 0 Å². The normalized spacial score (nSPS) is 19.2. The summed E-state index contributed by atoms with van der Waals surface area (Å²) in [6.45, 7) is 3.74. The van der Waals surface area contributed by atoms with Crippen molar-refractivity contribution in [2.75, 3.05) is 40.5 Å². The van der Waals surface area contributed by atoms with Crippen LogP contribution in [-0.4, -0.2) is 45.4 Å². The number of hydrogen-bond acceptors (Lipinski definition) is 3. The summed E-state index contributed by atoms with van der Waals surface area (Å²) in [5.74, 6) is 1.75. The summed E-state index contributed by atoms with van der Waals surface area (Å²) in [6.07, 6.45) is 2.25. The molecule has 1 heterocycles. The molecule has 1 aliphatic rings. The fourth-order valence-electron chi connectivity index (χ4n) is 2.50. The van der Waals surface area contributed by atoms with Crippen LogP contribution in [0.3, 0.4) is 0 Å². The van der Waals surface area contributed by atoms with Crippen molar-refractivity contribution in [2.24, 2.45) is 5.92 Å². The van der Waals surface area contributed by atoms with E-state index in [-0.39, 0.29) is 0 Å². The van der Waals surface area contributed by atoms with Crippen LogP contribution in [0, 0.1) is 5.92 Å². The zero-order chi connectivity index (χ0) is 12.8. The van der Waals surface area contributed by atoms with Gasteiger partial charge in [0.05, 0.1) is 13.2 Å². The number of nitrogens with zero attached hydrogens (tertiary/aromatic N) is 1. The molecule has 1 aromatic rings. The molecule has 3 heteroatoms. The SMILES string of the molecule is COCCN(C)CC1CCOc2ccccc2C1. The Kier molecular flexibility index (Phi) is 5.02. The smallest absolute Gasteiger partial charge is 0.122 e. The molecule has 1 atom stereocenters. The molecule has 0 aromatic heterocycles. The van der Waals surface area contributed by atoms with Crippen molar-refractivity contribution in [1.29, 1.82) is 0 Å². The number of likely N-dealkylation sites (N-methyl/N-ethyl adjacent to an activating group) is 1. The first-order valence-electron chi connectivity index (χ1n) is 6.68. The molecule has 0 spiro atoms. The summed E-state index contributed by atoms with van der Waals surface area (Å²) >= 11 is 0. The van der Waals surface area contributed by atoms with Crippen LogP contribution >= 0.6 is 0 Å². The van der Waals surface area contributed by atoms with Gasteiger partial charge in [0, 0.05) is 20.2 Å². The Balaban J connectivity index is 1.91. The van der Waals surface area contributed by atoms with Gasteiger partial charge in [-0.1, -0.05) is 18.2 Å². The second kappa shape index (κ2) is 6.76. The highest BCUT2D eigenvalue weighted by atomic mass is 16.5. The molecule has 0 fully saturated rings. The molecule has 1 unspecified atom stereocenters. The molecule has 3 nitrogen and oxygen atoms in total. The summed E-state index contributed by atoms with van der Waals surface area (Å²) in [5, 5.41) is 0. The van der Waals surface area contributed by atoms with Gasteiger partial charge in [-0.15, -0.1) is 0 Å². The number of fused-ring (bicyclic) bond motifs is 1. The lowest BCUT2D eigenvalue weighted by Crippen LogP contribution is -2.30. The number of benzene rings is 1. The quantitative estimate of drug-likeness (QED) is 0.798. The van der Waals surface area contributed by atoms with E-state index in [4.69, 9.17) is 9.47 Å². The Morgan fingerprint density at radius 1 is 1.39 bits per heavy atom. The zero-order valence-corrected chi connectivity index (χ0v) is 11.4. The molecule has 2 rings (SSSR count). The van der Waals surface area contributed by atoms with Crippen LogP contribution in [0.4, 0.5) is 0 Å². The van der Waals surface area contributed by atoms with Crippen LogP contribution in [0.5, 0.6) is 5.75 Å². The summed E-state index contributed by atoms with van der Waals surface area (Å²) in [4.78, 5) is 2.35. The fraction of sp³-hybridized carbons (Fsp3) is 0.600. The third-order valence-electron chi connectivity index (χ3n) is 3.51. The van der Waals surface area contributed by atoms with Crippen molar-refractivity contribution in [1.82, 2.24) is 4.90 Å². The number of ether oxygens (including phenoxy) is 2. The van der Waals surface area contributed by atoms with E-state index in [0.717, 1.165) is 44.9 Å². The summed E-state index contributed by atoms with van der Waals surface area (Å²) in [5.41, 5.74) is 1.35. The van der Waals surface area contributed by atoms with Crippen molar-refractivity contribution < 1.29 is 9.47 Å². The maximum absolute atomic E-state index is 5.80. The van der Waals surface area contributed by atoms with Gasteiger partial charge in [0.25, 0.3) is 0 Å². The Bertz CT molecular complexity index is 367. The van der Waals surface area contributed by atoms with E-state index in [2.05, 4.69) is 30.1 Å². The zero-order valence-electron chi connectivity index (χ0n) is 11.4. The standard InChI is InChI=1S/C15H23NO2/c1-16(8-10-17-2)12-13-7-9-18-15-6-4-3-5-14(15)11-13/h3-6,13H,7-12H2,1-2H3. The van der Waals surface area contributed by atoms with Gasteiger partial charge in [-0.2, -0.15) is 0 Å². The lowest BCUT2D eigenvalue weighted by atomic mass is 9.96. The van der Waals surface area contributed by atoms with Crippen molar-refractivity contribution in [2.45, 2.75) is 12.8 Å². The van der Waals surface area contributed by atoms with E-state index >= 15 is 0 Å². The number of methoxy groups -OCH3 is 1. The first-order chi connectivity index (χ1) is 8.79. The van der Waals surface area contributed by atoms with Gasteiger partial charge in [-0.05, 0) is 37.4 Å². The molecule has 0 N–H and O–H groups in total. The second-order valence-electron chi connectivity index (χ2n) is 5.07. The molecule has 0 bridgehead atoms. The van der Waals surface area contributed by atoms with Crippen molar-refractivity contribution in [3.05, 3.63) is 29.8 Å². The van der Waals surface area contributed by atoms with E-state index in [1.807, 2.05) is 6.07 Å². The molecular weight excluding hydrogens is 226 g/mol. The number of para-hydroxylation sites is 1. The van der Waals surface area contributed by atoms with Gasteiger partial charge in [0.15, 0.2) is 0 Å². The monoisotopic (exact) mass is 249 g/mol. The largest absolute Gasteiger partial charge is 0.493 e. The topological polar surface area (TPSA) is 21.7 Å². The predicted molar refractivity (Wildman–Crippen MR) is 73.1 cm³/mol. The number of hydrogen-bond donors (Lipinski definition) is 0. The van der Waals surface area contributed by atoms with Crippen LogP contribution in [0.15, 0.2) is 24.3 Å². The average molecular weight is 249 g/mol. The Morgan fingerprint density at radius 2 is 2.22 bits per heavy atom. The maximum atomic E-state index is 5.80. The maximum Gasteiger partial charge on any atom is 0.122 e. The highest BCUT2D eigenvalue weighted by molar-refractivity contribution is 5.34. The predicted octanol–water partition coefficient (Wildman–Crippen LogP) is 2.21. The lowest BCUT2D eigenvalue weighted by molar-refractivity contribution is 0.149. The fourth-order valence-corrected chi connectivity index (χ4v) is 2.50. The Hall–Kier alpha value is -1.06. The Morgan fingerprint density at radius 3 is 3.06 bits per heavy atom. The minimum absolute atomic E-state index is 0.676. The van der Waals surface area contributed by atoms with Gasteiger partial charge in [-0.25, -0.2) is 0 Å². The molecule has 1 aliphatic heterocycles. The lowest BCUT2D eigenvalue weighted by Gasteiger charge is -2.22. The van der Waals surface area contributed by atoms with Crippen LogP contribution in [0.25, 0.3) is 0 Å². The number of rotatable bonds is 5. The van der Waals surface area contributed by atoms with E-state index in [0.29, 0.717) is 5.92 Å².